The topological polar surface area (TPSA) is 18.5 Å². The Kier molecular flexibility index (Phi) is 7.95. The van der Waals surface area contributed by atoms with E-state index < -0.39 is 28.9 Å². The molecule has 8 heteroatoms. The highest BCUT2D eigenvalue weighted by Crippen LogP contribution is 2.56. The number of rotatable bonds is 8. The van der Waals surface area contributed by atoms with E-state index in [0.717, 1.165) is 60.5 Å². The SMILES string of the molecule is CC(C)Cc1ccc(Oc2ccc(C(c3ccc(Oc4ccccc4)cc3)(C(F)(F)F)C(F)(F)F)cc2)cc1. The van der Waals surface area contributed by atoms with Crippen molar-refractivity contribution in [3.05, 3.63) is 120 Å². The fourth-order valence-corrected chi connectivity index (χ4v) is 4.45. The van der Waals surface area contributed by atoms with Crippen LogP contribution in [0.3, 0.4) is 0 Å². The lowest BCUT2D eigenvalue weighted by Crippen LogP contribution is -2.54. The normalized spacial score (nSPS) is 12.4. The Bertz CT molecular complexity index is 1330. The molecule has 0 atom stereocenters. The summed E-state index contributed by atoms with van der Waals surface area (Å²) in [4.78, 5) is 0. The smallest absolute Gasteiger partial charge is 0.411 e. The van der Waals surface area contributed by atoms with Crippen LogP contribution in [-0.4, -0.2) is 12.4 Å². The van der Waals surface area contributed by atoms with Gasteiger partial charge in [-0.3, -0.25) is 0 Å². The van der Waals surface area contributed by atoms with Crippen LogP contribution in [0.4, 0.5) is 26.3 Å². The van der Waals surface area contributed by atoms with Gasteiger partial charge in [-0.25, -0.2) is 0 Å². The van der Waals surface area contributed by atoms with Crippen LogP contribution in [0.2, 0.25) is 0 Å². The molecule has 0 aliphatic rings. The van der Waals surface area contributed by atoms with Crippen molar-refractivity contribution in [1.29, 1.82) is 0 Å². The van der Waals surface area contributed by atoms with Gasteiger partial charge in [-0.1, -0.05) is 68.4 Å². The molecule has 0 unspecified atom stereocenters. The summed E-state index contributed by atoms with van der Waals surface area (Å²) in [5.74, 6) is 1.49. The second-order valence-corrected chi connectivity index (χ2v) is 9.55. The van der Waals surface area contributed by atoms with Crippen molar-refractivity contribution < 1.29 is 35.8 Å². The summed E-state index contributed by atoms with van der Waals surface area (Å²) in [6.45, 7) is 4.17. The van der Waals surface area contributed by atoms with Crippen LogP contribution >= 0.6 is 0 Å². The molecule has 0 saturated heterocycles. The van der Waals surface area contributed by atoms with Gasteiger partial charge in [0, 0.05) is 0 Å². The Morgan fingerprint density at radius 2 is 0.872 bits per heavy atom. The number of para-hydroxylation sites is 1. The van der Waals surface area contributed by atoms with Gasteiger partial charge in [-0.15, -0.1) is 0 Å². The van der Waals surface area contributed by atoms with Crippen LogP contribution in [-0.2, 0) is 11.8 Å². The monoisotopic (exact) mass is 544 g/mol. The molecule has 0 radical (unpaired) electrons. The number of halogens is 6. The summed E-state index contributed by atoms with van der Waals surface area (Å²) < 4.78 is 98.1. The lowest BCUT2D eigenvalue weighted by molar-refractivity contribution is -0.288. The number of ether oxygens (including phenoxy) is 2. The highest BCUT2D eigenvalue weighted by atomic mass is 19.4. The van der Waals surface area contributed by atoms with E-state index in [4.69, 9.17) is 9.47 Å². The minimum Gasteiger partial charge on any atom is -0.457 e. The number of benzene rings is 4. The van der Waals surface area contributed by atoms with Crippen molar-refractivity contribution in [2.75, 3.05) is 0 Å². The van der Waals surface area contributed by atoms with Crippen LogP contribution in [0.25, 0.3) is 0 Å². The third kappa shape index (κ3) is 6.05. The molecule has 204 valence electrons. The standard InChI is InChI=1S/C31H26F6O2/c1-21(2)20-22-8-14-26(15-9-22)39-28-18-12-24(13-19-28)29(30(32,33)34,31(35,36)37)23-10-16-27(17-11-23)38-25-6-4-3-5-7-25/h3-19,21H,20H2,1-2H3. The van der Waals surface area contributed by atoms with Crippen LogP contribution in [0, 0.1) is 5.92 Å². The molecule has 2 nitrogen and oxygen atoms in total. The first kappa shape index (κ1) is 28.1. The van der Waals surface area contributed by atoms with E-state index in [1.807, 2.05) is 12.1 Å². The van der Waals surface area contributed by atoms with Gasteiger partial charge in [0.05, 0.1) is 0 Å². The highest BCUT2D eigenvalue weighted by molar-refractivity contribution is 5.48. The molecule has 4 rings (SSSR count). The molecular formula is C31H26F6O2. The number of hydrogen-bond acceptors (Lipinski definition) is 2. The molecule has 0 aliphatic carbocycles. The van der Waals surface area contributed by atoms with Gasteiger partial charge < -0.3 is 9.47 Å². The van der Waals surface area contributed by atoms with E-state index in [9.17, 15) is 26.3 Å². The molecule has 0 heterocycles. The predicted molar refractivity (Wildman–Crippen MR) is 137 cm³/mol. The quantitative estimate of drug-likeness (QED) is 0.206. The van der Waals surface area contributed by atoms with Crippen molar-refractivity contribution in [3.63, 3.8) is 0 Å². The van der Waals surface area contributed by atoms with E-state index in [1.54, 1.807) is 42.5 Å². The van der Waals surface area contributed by atoms with Crippen LogP contribution in [0.5, 0.6) is 23.0 Å². The lowest BCUT2D eigenvalue weighted by atomic mass is 9.73. The van der Waals surface area contributed by atoms with E-state index >= 15 is 0 Å². The van der Waals surface area contributed by atoms with Crippen molar-refractivity contribution in [2.24, 2.45) is 5.92 Å². The van der Waals surface area contributed by atoms with Crippen LogP contribution < -0.4 is 9.47 Å². The molecule has 0 N–H and O–H groups in total. The van der Waals surface area contributed by atoms with Crippen molar-refractivity contribution in [2.45, 2.75) is 38.0 Å². The van der Waals surface area contributed by atoms with E-state index in [1.165, 1.54) is 0 Å². The van der Waals surface area contributed by atoms with Crippen LogP contribution in [0.15, 0.2) is 103 Å². The van der Waals surface area contributed by atoms with Gasteiger partial charge in [0.15, 0.2) is 0 Å². The molecule has 0 spiro atoms. The zero-order valence-corrected chi connectivity index (χ0v) is 21.2. The average Bonchev–Trinajstić information content (AvgIpc) is 2.86. The summed E-state index contributed by atoms with van der Waals surface area (Å²) in [6.07, 6.45) is -10.5. The molecule has 0 amide bonds. The minimum atomic E-state index is -5.69. The summed E-state index contributed by atoms with van der Waals surface area (Å²) in [6, 6.07) is 23.1. The van der Waals surface area contributed by atoms with Gasteiger partial charge in [0.2, 0.25) is 5.41 Å². The number of hydrogen-bond donors (Lipinski definition) is 0. The molecule has 0 saturated carbocycles. The maximum Gasteiger partial charge on any atom is 0.411 e. The maximum absolute atomic E-state index is 14.5. The summed E-state index contributed by atoms with van der Waals surface area (Å²) in [7, 11) is 0. The summed E-state index contributed by atoms with van der Waals surface area (Å²) in [5, 5.41) is 0. The van der Waals surface area contributed by atoms with E-state index in [-0.39, 0.29) is 11.5 Å². The molecule has 0 aromatic heterocycles. The molecular weight excluding hydrogens is 518 g/mol. The minimum absolute atomic E-state index is 0.103. The van der Waals surface area contributed by atoms with Crippen molar-refractivity contribution in [3.8, 4) is 23.0 Å². The predicted octanol–water partition coefficient (Wildman–Crippen LogP) is 9.88. The van der Waals surface area contributed by atoms with Gasteiger partial charge >= 0.3 is 12.4 Å². The highest BCUT2D eigenvalue weighted by Gasteiger charge is 2.72. The number of alkyl halides is 6. The first-order valence-corrected chi connectivity index (χ1v) is 12.2. The Morgan fingerprint density at radius 1 is 0.513 bits per heavy atom. The van der Waals surface area contributed by atoms with E-state index in [0.29, 0.717) is 17.4 Å². The molecule has 39 heavy (non-hydrogen) atoms. The van der Waals surface area contributed by atoms with Crippen LogP contribution in [0.1, 0.15) is 30.5 Å². The average molecular weight is 545 g/mol. The molecule has 4 aromatic rings. The van der Waals surface area contributed by atoms with Gasteiger partial charge in [-0.2, -0.15) is 26.3 Å². The second kappa shape index (κ2) is 11.0. The summed E-state index contributed by atoms with van der Waals surface area (Å²) >= 11 is 0. The Morgan fingerprint density at radius 3 is 1.23 bits per heavy atom. The zero-order valence-electron chi connectivity index (χ0n) is 21.2. The summed E-state index contributed by atoms with van der Waals surface area (Å²) in [5.41, 5.74) is -5.12. The fourth-order valence-electron chi connectivity index (χ4n) is 4.45. The fraction of sp³-hybridized carbons (Fsp3) is 0.226. The van der Waals surface area contributed by atoms with Gasteiger partial charge in [0.1, 0.15) is 23.0 Å². The second-order valence-electron chi connectivity index (χ2n) is 9.55. The first-order valence-electron chi connectivity index (χ1n) is 12.2. The Balaban J connectivity index is 1.66. The van der Waals surface area contributed by atoms with Crippen molar-refractivity contribution >= 4 is 0 Å². The first-order chi connectivity index (χ1) is 18.4. The molecule has 0 fully saturated rings. The molecule has 4 aromatic carbocycles. The maximum atomic E-state index is 14.5. The largest absolute Gasteiger partial charge is 0.457 e. The van der Waals surface area contributed by atoms with Crippen molar-refractivity contribution in [1.82, 2.24) is 0 Å². The third-order valence-electron chi connectivity index (χ3n) is 6.21. The molecule has 0 bridgehead atoms. The lowest BCUT2D eigenvalue weighted by Gasteiger charge is -2.38. The third-order valence-corrected chi connectivity index (χ3v) is 6.21. The molecule has 0 aliphatic heterocycles. The Labute approximate surface area is 222 Å². The van der Waals surface area contributed by atoms with Gasteiger partial charge in [-0.05, 0) is 77.6 Å². The Hall–Kier alpha value is -3.94. The van der Waals surface area contributed by atoms with E-state index in [2.05, 4.69) is 13.8 Å². The zero-order chi connectivity index (χ0) is 28.3. The van der Waals surface area contributed by atoms with Gasteiger partial charge in [0.25, 0.3) is 0 Å².